The van der Waals surface area contributed by atoms with Gasteiger partial charge in [-0.05, 0) is 36.4 Å². The highest BCUT2D eigenvalue weighted by Gasteiger charge is 2.43. The molecule has 1 amide bonds. The summed E-state index contributed by atoms with van der Waals surface area (Å²) in [5, 5.41) is 14.4. The zero-order valence-electron chi connectivity index (χ0n) is 15.3. The van der Waals surface area contributed by atoms with Gasteiger partial charge in [0.05, 0.1) is 12.9 Å². The van der Waals surface area contributed by atoms with Crippen LogP contribution >= 0.6 is 23.1 Å². The van der Waals surface area contributed by atoms with Crippen molar-refractivity contribution in [2.24, 2.45) is 0 Å². The number of carbonyl (C=O) groups excluding carboxylic acids is 1. The minimum absolute atomic E-state index is 0.0712. The second-order valence-corrected chi connectivity index (χ2v) is 8.09. The van der Waals surface area contributed by atoms with Crippen LogP contribution in [0.1, 0.15) is 0 Å². The first kappa shape index (κ1) is 20.2. The number of aromatic nitrogens is 2. The maximum atomic E-state index is 13.1. The molecule has 0 fully saturated rings. The molecule has 1 aliphatic heterocycles. The van der Waals surface area contributed by atoms with E-state index in [1.54, 1.807) is 7.11 Å². The zero-order chi connectivity index (χ0) is 21.1. The van der Waals surface area contributed by atoms with Crippen LogP contribution in [0.5, 0.6) is 17.2 Å². The summed E-state index contributed by atoms with van der Waals surface area (Å²) in [6, 6.07) is 11.4. The number of ether oxygens (including phenoxy) is 3. The second kappa shape index (κ2) is 8.32. The Hall–Kier alpha value is -3.12. The molecule has 156 valence electrons. The molecule has 0 spiro atoms. The molecule has 3 aromatic rings. The number of amides is 1. The van der Waals surface area contributed by atoms with Gasteiger partial charge >= 0.3 is 6.29 Å². The molecule has 4 rings (SSSR count). The average molecular weight is 452 g/mol. The molecule has 0 saturated heterocycles. The number of halogens is 2. The fourth-order valence-corrected chi connectivity index (χ4v) is 4.04. The standard InChI is InChI=1S/C18H14F2N4O4S2/c1-26-12-5-2-10(3-6-12)22-16-23-24-17(30-16)29-9-15(25)21-11-4-7-13-14(8-11)28-18(19,20)27-13/h2-8H,9H2,1H3,(H,21,25)(H,22,23). The number of anilines is 3. The number of hydrogen-bond donors (Lipinski definition) is 2. The van der Waals surface area contributed by atoms with Gasteiger partial charge in [-0.15, -0.1) is 19.0 Å². The number of fused-ring (bicyclic) bond motifs is 1. The maximum Gasteiger partial charge on any atom is 0.586 e. The lowest BCUT2D eigenvalue weighted by molar-refractivity contribution is -0.286. The van der Waals surface area contributed by atoms with Crippen molar-refractivity contribution in [2.45, 2.75) is 10.6 Å². The molecule has 0 radical (unpaired) electrons. The summed E-state index contributed by atoms with van der Waals surface area (Å²) >= 11 is 2.51. The molecule has 0 atom stereocenters. The van der Waals surface area contributed by atoms with Gasteiger partial charge in [-0.25, -0.2) is 0 Å². The summed E-state index contributed by atoms with van der Waals surface area (Å²) in [5.74, 6) is 0.269. The van der Waals surface area contributed by atoms with Crippen LogP contribution in [-0.2, 0) is 4.79 Å². The highest BCUT2D eigenvalue weighted by molar-refractivity contribution is 8.01. The number of nitrogens with one attached hydrogen (secondary N) is 2. The fourth-order valence-electron chi connectivity index (χ4n) is 2.47. The minimum atomic E-state index is -3.70. The van der Waals surface area contributed by atoms with Gasteiger partial charge in [0.2, 0.25) is 11.0 Å². The van der Waals surface area contributed by atoms with E-state index < -0.39 is 6.29 Å². The molecule has 0 saturated carbocycles. The van der Waals surface area contributed by atoms with Gasteiger partial charge in [-0.1, -0.05) is 23.1 Å². The number of methoxy groups -OCH3 is 1. The third-order valence-corrected chi connectivity index (χ3v) is 5.73. The predicted octanol–water partition coefficient (Wildman–Crippen LogP) is 4.34. The summed E-state index contributed by atoms with van der Waals surface area (Å²) in [4.78, 5) is 12.1. The van der Waals surface area contributed by atoms with Gasteiger partial charge in [-0.3, -0.25) is 4.79 Å². The predicted molar refractivity (Wildman–Crippen MR) is 108 cm³/mol. The molecule has 1 aromatic heterocycles. The normalized spacial score (nSPS) is 13.7. The van der Waals surface area contributed by atoms with E-state index >= 15 is 0 Å². The van der Waals surface area contributed by atoms with E-state index in [-0.39, 0.29) is 23.2 Å². The van der Waals surface area contributed by atoms with E-state index in [0.29, 0.717) is 15.2 Å². The molecule has 8 nitrogen and oxygen atoms in total. The van der Waals surface area contributed by atoms with Gasteiger partial charge in [-0.2, -0.15) is 0 Å². The van der Waals surface area contributed by atoms with E-state index in [1.807, 2.05) is 24.3 Å². The van der Waals surface area contributed by atoms with E-state index in [1.165, 1.54) is 41.3 Å². The lowest BCUT2D eigenvalue weighted by Gasteiger charge is -2.05. The van der Waals surface area contributed by atoms with Crippen LogP contribution in [0, 0.1) is 0 Å². The van der Waals surface area contributed by atoms with Crippen LogP contribution < -0.4 is 24.8 Å². The smallest absolute Gasteiger partial charge is 0.497 e. The first-order chi connectivity index (χ1) is 14.4. The molecule has 0 bridgehead atoms. The monoisotopic (exact) mass is 452 g/mol. The van der Waals surface area contributed by atoms with Crippen molar-refractivity contribution in [1.82, 2.24) is 10.2 Å². The quantitative estimate of drug-likeness (QED) is 0.511. The third-order valence-electron chi connectivity index (χ3n) is 3.76. The van der Waals surface area contributed by atoms with Crippen molar-refractivity contribution >= 4 is 45.5 Å². The Labute approximate surface area is 177 Å². The number of nitrogens with zero attached hydrogens (tertiary/aromatic N) is 2. The Morgan fingerprint density at radius 2 is 1.87 bits per heavy atom. The van der Waals surface area contributed by atoms with E-state index in [2.05, 4.69) is 30.3 Å². The maximum absolute atomic E-state index is 13.1. The summed E-state index contributed by atoms with van der Waals surface area (Å²) in [5.41, 5.74) is 1.15. The Morgan fingerprint density at radius 3 is 2.63 bits per heavy atom. The van der Waals surface area contributed by atoms with Crippen molar-refractivity contribution in [3.05, 3.63) is 42.5 Å². The minimum Gasteiger partial charge on any atom is -0.497 e. The van der Waals surface area contributed by atoms with Crippen molar-refractivity contribution in [2.75, 3.05) is 23.5 Å². The molecule has 1 aliphatic rings. The van der Waals surface area contributed by atoms with Crippen LogP contribution in [0.15, 0.2) is 46.8 Å². The molecule has 0 unspecified atom stereocenters. The van der Waals surface area contributed by atoms with Crippen molar-refractivity contribution in [1.29, 1.82) is 0 Å². The molecule has 2 aromatic carbocycles. The van der Waals surface area contributed by atoms with Crippen LogP contribution in [0.4, 0.5) is 25.3 Å². The number of benzene rings is 2. The first-order valence-corrected chi connectivity index (χ1v) is 10.3. The Morgan fingerprint density at radius 1 is 1.13 bits per heavy atom. The van der Waals surface area contributed by atoms with Crippen molar-refractivity contribution < 1.29 is 27.8 Å². The number of alkyl halides is 2. The zero-order valence-corrected chi connectivity index (χ0v) is 17.0. The molecule has 30 heavy (non-hydrogen) atoms. The second-order valence-electron chi connectivity index (χ2n) is 5.89. The van der Waals surface area contributed by atoms with Gasteiger partial charge in [0, 0.05) is 17.4 Å². The number of thioether (sulfide) groups is 1. The van der Waals surface area contributed by atoms with Gasteiger partial charge < -0.3 is 24.8 Å². The summed E-state index contributed by atoms with van der Waals surface area (Å²) in [6.07, 6.45) is -3.70. The topological polar surface area (TPSA) is 94.6 Å². The lowest BCUT2D eigenvalue weighted by atomic mass is 10.3. The number of hydrogen-bond acceptors (Lipinski definition) is 9. The van der Waals surface area contributed by atoms with Gasteiger partial charge in [0.15, 0.2) is 15.8 Å². The van der Waals surface area contributed by atoms with Gasteiger partial charge in [0.25, 0.3) is 0 Å². The highest BCUT2D eigenvalue weighted by Crippen LogP contribution is 2.42. The van der Waals surface area contributed by atoms with Crippen LogP contribution in [0.3, 0.4) is 0 Å². The van der Waals surface area contributed by atoms with Crippen LogP contribution in [-0.4, -0.2) is 35.3 Å². The van der Waals surface area contributed by atoms with Crippen LogP contribution in [0.25, 0.3) is 0 Å². The molecular weight excluding hydrogens is 438 g/mol. The molecule has 2 heterocycles. The number of rotatable bonds is 7. The van der Waals surface area contributed by atoms with Crippen molar-refractivity contribution in [3.63, 3.8) is 0 Å². The molecular formula is C18H14F2N4O4S2. The lowest BCUT2D eigenvalue weighted by Crippen LogP contribution is -2.25. The summed E-state index contributed by atoms with van der Waals surface area (Å²) < 4.78 is 40.5. The third kappa shape index (κ3) is 4.89. The van der Waals surface area contributed by atoms with E-state index in [0.717, 1.165) is 11.4 Å². The largest absolute Gasteiger partial charge is 0.586 e. The Kier molecular flexibility index (Phi) is 5.59. The van der Waals surface area contributed by atoms with Crippen LogP contribution in [0.2, 0.25) is 0 Å². The molecule has 0 aliphatic carbocycles. The first-order valence-electron chi connectivity index (χ1n) is 8.47. The summed E-state index contributed by atoms with van der Waals surface area (Å²) in [7, 11) is 1.60. The van der Waals surface area contributed by atoms with E-state index in [9.17, 15) is 13.6 Å². The fraction of sp³-hybridized carbons (Fsp3) is 0.167. The SMILES string of the molecule is COc1ccc(Nc2nnc(SCC(=O)Nc3ccc4c(c3)OC(F)(F)O4)s2)cc1. The Balaban J connectivity index is 1.28. The highest BCUT2D eigenvalue weighted by atomic mass is 32.2. The molecule has 12 heteroatoms. The number of carbonyl (C=O) groups is 1. The summed E-state index contributed by atoms with van der Waals surface area (Å²) in [6.45, 7) is 0. The van der Waals surface area contributed by atoms with E-state index in [4.69, 9.17) is 4.74 Å². The molecule has 2 N–H and O–H groups in total. The van der Waals surface area contributed by atoms with Crippen molar-refractivity contribution in [3.8, 4) is 17.2 Å². The average Bonchev–Trinajstić information content (AvgIpc) is 3.28. The Bertz CT molecular complexity index is 1060. The van der Waals surface area contributed by atoms with Gasteiger partial charge in [0.1, 0.15) is 5.75 Å².